The van der Waals surface area contributed by atoms with Crippen LogP contribution in [-0.4, -0.2) is 32.2 Å². The molecule has 0 aliphatic rings. The van der Waals surface area contributed by atoms with E-state index in [1.54, 1.807) is 6.07 Å². The SMILES string of the molecule is CCCNc1ccc([N+](=O)[O-])c(C(=O)Nc2nnns2)c1. The van der Waals surface area contributed by atoms with Crippen LogP contribution in [0.5, 0.6) is 0 Å². The second kappa shape index (κ2) is 6.70. The highest BCUT2D eigenvalue weighted by molar-refractivity contribution is 7.09. The summed E-state index contributed by atoms with van der Waals surface area (Å²) >= 11 is 0.889. The van der Waals surface area contributed by atoms with Crippen molar-refractivity contribution < 1.29 is 9.72 Å². The molecule has 110 valence electrons. The highest BCUT2D eigenvalue weighted by Gasteiger charge is 2.21. The van der Waals surface area contributed by atoms with Crippen LogP contribution in [0.25, 0.3) is 0 Å². The molecule has 0 unspecified atom stereocenters. The zero-order valence-corrected chi connectivity index (χ0v) is 11.9. The molecule has 1 aromatic carbocycles. The summed E-state index contributed by atoms with van der Waals surface area (Å²) in [6, 6.07) is 4.31. The maximum absolute atomic E-state index is 12.1. The fourth-order valence-corrected chi connectivity index (χ4v) is 1.96. The number of nitro groups is 1. The molecule has 0 fully saturated rings. The van der Waals surface area contributed by atoms with E-state index in [0.717, 1.165) is 18.0 Å². The molecular weight excluding hydrogens is 296 g/mol. The number of hydrogen-bond donors (Lipinski definition) is 2. The van der Waals surface area contributed by atoms with Gasteiger partial charge < -0.3 is 5.32 Å². The summed E-state index contributed by atoms with van der Waals surface area (Å²) in [5.74, 6) is -0.625. The lowest BCUT2D eigenvalue weighted by Gasteiger charge is -2.07. The molecule has 1 aromatic heterocycles. The monoisotopic (exact) mass is 308 g/mol. The first kappa shape index (κ1) is 14.8. The molecule has 1 amide bonds. The largest absolute Gasteiger partial charge is 0.385 e. The average Bonchev–Trinajstić information content (AvgIpc) is 2.97. The zero-order chi connectivity index (χ0) is 15.2. The quantitative estimate of drug-likeness (QED) is 0.617. The third-order valence-corrected chi connectivity index (χ3v) is 3.05. The van der Waals surface area contributed by atoms with Crippen LogP contribution in [0.3, 0.4) is 0 Å². The maximum atomic E-state index is 12.1. The molecular formula is C11H12N6O3S. The molecule has 0 aliphatic heterocycles. The first-order valence-corrected chi connectivity index (χ1v) is 6.88. The van der Waals surface area contributed by atoms with E-state index in [-0.39, 0.29) is 16.4 Å². The van der Waals surface area contributed by atoms with Gasteiger partial charge in [-0.3, -0.25) is 20.2 Å². The zero-order valence-electron chi connectivity index (χ0n) is 11.1. The van der Waals surface area contributed by atoms with Gasteiger partial charge in [-0.2, -0.15) is 0 Å². The second-order valence-corrected chi connectivity index (χ2v) is 4.77. The van der Waals surface area contributed by atoms with E-state index in [9.17, 15) is 14.9 Å². The van der Waals surface area contributed by atoms with Crippen molar-refractivity contribution in [2.75, 3.05) is 17.2 Å². The van der Waals surface area contributed by atoms with E-state index in [0.29, 0.717) is 12.2 Å². The fraction of sp³-hybridized carbons (Fsp3) is 0.273. The summed E-state index contributed by atoms with van der Waals surface area (Å²) < 4.78 is 3.50. The molecule has 0 aliphatic carbocycles. The fourth-order valence-electron chi connectivity index (χ4n) is 1.60. The molecule has 2 rings (SSSR count). The van der Waals surface area contributed by atoms with E-state index >= 15 is 0 Å². The lowest BCUT2D eigenvalue weighted by molar-refractivity contribution is -0.385. The van der Waals surface area contributed by atoms with E-state index in [1.165, 1.54) is 12.1 Å². The van der Waals surface area contributed by atoms with E-state index in [4.69, 9.17) is 0 Å². The lowest BCUT2D eigenvalue weighted by Crippen LogP contribution is -2.14. The Kier molecular flexibility index (Phi) is 4.72. The molecule has 9 nitrogen and oxygen atoms in total. The number of aromatic nitrogens is 3. The lowest BCUT2D eigenvalue weighted by atomic mass is 10.1. The Labute approximate surface area is 123 Å². The topological polar surface area (TPSA) is 123 Å². The van der Waals surface area contributed by atoms with Crippen molar-refractivity contribution in [3.63, 3.8) is 0 Å². The number of rotatable bonds is 6. The molecule has 21 heavy (non-hydrogen) atoms. The van der Waals surface area contributed by atoms with Crippen molar-refractivity contribution in [2.24, 2.45) is 0 Å². The van der Waals surface area contributed by atoms with Gasteiger partial charge >= 0.3 is 0 Å². The van der Waals surface area contributed by atoms with Crippen LogP contribution in [0.1, 0.15) is 23.7 Å². The first-order chi connectivity index (χ1) is 10.1. The minimum Gasteiger partial charge on any atom is -0.385 e. The third-order valence-electron chi connectivity index (χ3n) is 2.54. The van der Waals surface area contributed by atoms with Crippen molar-refractivity contribution in [1.29, 1.82) is 0 Å². The Bertz CT molecular complexity index is 645. The van der Waals surface area contributed by atoms with Crippen LogP contribution in [0.4, 0.5) is 16.5 Å². The molecule has 10 heteroatoms. The van der Waals surface area contributed by atoms with Crippen LogP contribution in [-0.2, 0) is 0 Å². The Morgan fingerprint density at radius 2 is 2.29 bits per heavy atom. The van der Waals surface area contributed by atoms with Crippen molar-refractivity contribution in [3.05, 3.63) is 33.9 Å². The number of carbonyl (C=O) groups excluding carboxylic acids is 1. The van der Waals surface area contributed by atoms with Crippen LogP contribution in [0.2, 0.25) is 0 Å². The van der Waals surface area contributed by atoms with Gasteiger partial charge in [-0.15, -0.1) is 0 Å². The predicted octanol–water partition coefficient (Wildman–Crippen LogP) is 1.92. The van der Waals surface area contributed by atoms with Gasteiger partial charge in [0.05, 0.1) is 4.92 Å². The molecule has 0 bridgehead atoms. The summed E-state index contributed by atoms with van der Waals surface area (Å²) in [4.78, 5) is 22.6. The van der Waals surface area contributed by atoms with Crippen molar-refractivity contribution >= 4 is 33.9 Å². The highest BCUT2D eigenvalue weighted by atomic mass is 32.1. The van der Waals surface area contributed by atoms with Crippen molar-refractivity contribution in [2.45, 2.75) is 13.3 Å². The smallest absolute Gasteiger partial charge is 0.282 e. The van der Waals surface area contributed by atoms with E-state index in [1.807, 2.05) is 6.92 Å². The van der Waals surface area contributed by atoms with Crippen LogP contribution < -0.4 is 10.6 Å². The standard InChI is InChI=1S/C11H12N6O3S/c1-2-5-12-7-3-4-9(17(19)20)8(6-7)10(18)13-11-14-15-16-21-11/h3-4,6,12H,2,5H2,1H3,(H,13,14,16,18). The highest BCUT2D eigenvalue weighted by Crippen LogP contribution is 2.24. The molecule has 0 atom stereocenters. The number of nitrogens with one attached hydrogen (secondary N) is 2. The molecule has 0 saturated heterocycles. The van der Waals surface area contributed by atoms with Crippen LogP contribution >= 0.6 is 11.5 Å². The molecule has 0 radical (unpaired) electrons. The molecule has 2 aromatic rings. The number of nitrogens with zero attached hydrogens (tertiary/aromatic N) is 4. The molecule has 2 N–H and O–H groups in total. The Hall–Kier alpha value is -2.62. The average molecular weight is 308 g/mol. The summed E-state index contributed by atoms with van der Waals surface area (Å²) in [6.07, 6.45) is 0.898. The maximum Gasteiger partial charge on any atom is 0.282 e. The Morgan fingerprint density at radius 3 is 2.90 bits per heavy atom. The van der Waals surface area contributed by atoms with E-state index < -0.39 is 10.8 Å². The number of benzene rings is 1. The number of hydrogen-bond acceptors (Lipinski definition) is 8. The number of nitro benzene ring substituents is 1. The van der Waals surface area contributed by atoms with Crippen LogP contribution in [0, 0.1) is 10.1 Å². The Morgan fingerprint density at radius 1 is 1.48 bits per heavy atom. The Balaban J connectivity index is 2.29. The van der Waals surface area contributed by atoms with Gasteiger partial charge in [-0.1, -0.05) is 16.5 Å². The van der Waals surface area contributed by atoms with E-state index in [2.05, 4.69) is 25.4 Å². The number of anilines is 2. The van der Waals surface area contributed by atoms with Gasteiger partial charge in [0.1, 0.15) is 5.56 Å². The van der Waals surface area contributed by atoms with Gasteiger partial charge in [-0.05, 0) is 23.8 Å². The normalized spacial score (nSPS) is 10.1. The van der Waals surface area contributed by atoms with Gasteiger partial charge in [-0.25, -0.2) is 0 Å². The van der Waals surface area contributed by atoms with Gasteiger partial charge in [0.2, 0.25) is 5.13 Å². The van der Waals surface area contributed by atoms with Gasteiger partial charge in [0.15, 0.2) is 0 Å². The molecule has 0 saturated carbocycles. The summed E-state index contributed by atoms with van der Waals surface area (Å²) in [5.41, 5.74) is 0.325. The number of amides is 1. The first-order valence-electron chi connectivity index (χ1n) is 6.10. The third kappa shape index (κ3) is 3.69. The van der Waals surface area contributed by atoms with Gasteiger partial charge in [0.25, 0.3) is 11.6 Å². The predicted molar refractivity (Wildman–Crippen MR) is 77.5 cm³/mol. The van der Waals surface area contributed by atoms with Crippen molar-refractivity contribution in [1.82, 2.24) is 14.8 Å². The van der Waals surface area contributed by atoms with Gasteiger partial charge in [0, 0.05) is 29.8 Å². The summed E-state index contributed by atoms with van der Waals surface area (Å²) in [5, 5.41) is 23.6. The minimum absolute atomic E-state index is 0.0451. The minimum atomic E-state index is -0.625. The molecule has 1 heterocycles. The second-order valence-electron chi connectivity index (χ2n) is 4.04. The summed E-state index contributed by atoms with van der Waals surface area (Å²) in [7, 11) is 0. The summed E-state index contributed by atoms with van der Waals surface area (Å²) in [6.45, 7) is 2.70. The van der Waals surface area contributed by atoms with Crippen LogP contribution in [0.15, 0.2) is 18.2 Å². The van der Waals surface area contributed by atoms with Crippen molar-refractivity contribution in [3.8, 4) is 0 Å². The number of carbonyl (C=O) groups is 1. The molecule has 0 spiro atoms.